The summed E-state index contributed by atoms with van der Waals surface area (Å²) in [6.07, 6.45) is 0. The molecule has 0 bridgehead atoms. The molecule has 2 aromatic carbocycles. The molecule has 8 heteroatoms. The van der Waals surface area contributed by atoms with E-state index in [1.165, 1.54) is 0 Å². The van der Waals surface area contributed by atoms with Crippen LogP contribution in [0.2, 0.25) is 5.02 Å². The Hall–Kier alpha value is -3.47. The summed E-state index contributed by atoms with van der Waals surface area (Å²) in [6.45, 7) is 1.70. The molecule has 2 aliphatic heterocycles. The van der Waals surface area contributed by atoms with Crippen LogP contribution in [0.4, 0.5) is 0 Å². The number of carbonyl (C=O) groups excluding carboxylic acids is 2. The van der Waals surface area contributed by atoms with Crippen LogP contribution in [0, 0.1) is 11.3 Å². The van der Waals surface area contributed by atoms with Crippen molar-refractivity contribution in [1.29, 1.82) is 5.26 Å². The number of nitrogens with one attached hydrogen (secondary N) is 1. The number of amides is 2. The molecule has 4 rings (SSSR count). The van der Waals surface area contributed by atoms with E-state index in [0.29, 0.717) is 53.9 Å². The molecule has 2 aliphatic rings. The predicted molar refractivity (Wildman–Crippen MR) is 112 cm³/mol. The molecule has 0 radical (unpaired) electrons. The molecule has 0 aliphatic carbocycles. The zero-order chi connectivity index (χ0) is 21.1. The average Bonchev–Trinajstić information content (AvgIpc) is 3.13. The third-order valence-electron chi connectivity index (χ3n) is 4.86. The standard InChI is InChI=1S/C22H17ClN4O3/c23-15-7-5-14(6-8-15)21(28)26-20-17-4-2-1-3-16(17)19(25-20)18(13-24)22(29)27-9-11-30-12-10-27/h1-8H,9-12H2,(H,25,26,28). The normalized spacial score (nSPS) is 16.9. The predicted octanol–water partition coefficient (Wildman–Crippen LogP) is 2.62. The average molecular weight is 421 g/mol. The monoisotopic (exact) mass is 420 g/mol. The van der Waals surface area contributed by atoms with Gasteiger partial charge < -0.3 is 15.0 Å². The first-order chi connectivity index (χ1) is 14.6. The van der Waals surface area contributed by atoms with Crippen LogP contribution in [-0.2, 0) is 9.53 Å². The van der Waals surface area contributed by atoms with Crippen LogP contribution in [0.25, 0.3) is 5.70 Å². The zero-order valence-corrected chi connectivity index (χ0v) is 16.6. The van der Waals surface area contributed by atoms with Crippen molar-refractivity contribution in [2.24, 2.45) is 4.99 Å². The van der Waals surface area contributed by atoms with E-state index >= 15 is 0 Å². The van der Waals surface area contributed by atoms with Gasteiger partial charge in [-0.15, -0.1) is 0 Å². The first kappa shape index (κ1) is 19.8. The number of benzene rings is 2. The second kappa shape index (κ2) is 8.49. The smallest absolute Gasteiger partial charge is 0.266 e. The number of rotatable bonds is 2. The maximum atomic E-state index is 12.9. The van der Waals surface area contributed by atoms with Gasteiger partial charge in [0.15, 0.2) is 0 Å². The van der Waals surface area contributed by atoms with Gasteiger partial charge in [0, 0.05) is 34.8 Å². The highest BCUT2D eigenvalue weighted by Crippen LogP contribution is 2.31. The molecular weight excluding hydrogens is 404 g/mol. The van der Waals surface area contributed by atoms with Crippen molar-refractivity contribution >= 4 is 34.9 Å². The summed E-state index contributed by atoms with van der Waals surface area (Å²) in [5, 5.41) is 13.0. The van der Waals surface area contributed by atoms with E-state index in [2.05, 4.69) is 10.3 Å². The van der Waals surface area contributed by atoms with Gasteiger partial charge in [-0.2, -0.15) is 5.26 Å². The molecular formula is C22H17ClN4O3. The molecule has 0 saturated carbocycles. The van der Waals surface area contributed by atoms with Crippen LogP contribution >= 0.6 is 11.6 Å². The molecule has 0 aromatic heterocycles. The second-order valence-corrected chi connectivity index (χ2v) is 7.14. The molecule has 0 spiro atoms. The number of hydrogen-bond donors (Lipinski definition) is 1. The Morgan fingerprint density at radius 3 is 2.40 bits per heavy atom. The fourth-order valence-corrected chi connectivity index (χ4v) is 3.45. The Morgan fingerprint density at radius 1 is 1.07 bits per heavy atom. The molecule has 7 nitrogen and oxygen atoms in total. The quantitative estimate of drug-likeness (QED) is 0.596. The van der Waals surface area contributed by atoms with E-state index < -0.39 is 0 Å². The highest BCUT2D eigenvalue weighted by molar-refractivity contribution is 6.30. The minimum atomic E-state index is -0.389. The minimum absolute atomic E-state index is 0.0555. The lowest BCUT2D eigenvalue weighted by molar-refractivity contribution is -0.130. The van der Waals surface area contributed by atoms with Gasteiger partial charge in [-0.25, -0.2) is 4.99 Å². The first-order valence-corrected chi connectivity index (χ1v) is 9.73. The maximum absolute atomic E-state index is 12.9. The number of hydrogen-bond acceptors (Lipinski definition) is 5. The van der Waals surface area contributed by atoms with Crippen molar-refractivity contribution in [3.63, 3.8) is 0 Å². The lowest BCUT2D eigenvalue weighted by Gasteiger charge is -2.26. The number of nitriles is 1. The molecule has 1 fully saturated rings. The Kier molecular flexibility index (Phi) is 5.61. The fraction of sp³-hybridized carbons (Fsp3) is 0.182. The summed E-state index contributed by atoms with van der Waals surface area (Å²) in [7, 11) is 0. The van der Waals surface area contributed by atoms with E-state index in [0.717, 1.165) is 0 Å². The van der Waals surface area contributed by atoms with Gasteiger partial charge in [0.1, 0.15) is 17.5 Å². The van der Waals surface area contributed by atoms with E-state index in [1.54, 1.807) is 47.4 Å². The van der Waals surface area contributed by atoms with Crippen molar-refractivity contribution in [3.8, 4) is 6.07 Å². The number of ether oxygens (including phenoxy) is 1. The molecule has 150 valence electrons. The number of halogens is 1. The number of carbonyl (C=O) groups is 2. The van der Waals surface area contributed by atoms with Crippen LogP contribution in [0.1, 0.15) is 21.5 Å². The van der Waals surface area contributed by atoms with E-state index in [4.69, 9.17) is 16.3 Å². The summed E-state index contributed by atoms with van der Waals surface area (Å²) in [6, 6.07) is 15.6. The highest BCUT2D eigenvalue weighted by atomic mass is 35.5. The molecule has 0 atom stereocenters. The summed E-state index contributed by atoms with van der Waals surface area (Å²) in [5.74, 6) is -0.456. The van der Waals surface area contributed by atoms with Gasteiger partial charge >= 0.3 is 0 Å². The Bertz CT molecular complexity index is 1110. The van der Waals surface area contributed by atoms with Crippen LogP contribution in [0.5, 0.6) is 0 Å². The molecule has 2 amide bonds. The zero-order valence-electron chi connectivity index (χ0n) is 15.9. The molecule has 2 aromatic rings. The van der Waals surface area contributed by atoms with Crippen molar-refractivity contribution in [1.82, 2.24) is 10.2 Å². The van der Waals surface area contributed by atoms with Gasteiger partial charge in [-0.05, 0) is 24.3 Å². The van der Waals surface area contributed by atoms with Gasteiger partial charge in [0.2, 0.25) is 0 Å². The Labute approximate surface area is 178 Å². The van der Waals surface area contributed by atoms with Crippen LogP contribution < -0.4 is 5.32 Å². The number of aliphatic imine (C=N–C) groups is 1. The lowest BCUT2D eigenvalue weighted by Crippen LogP contribution is -2.41. The van der Waals surface area contributed by atoms with E-state index in [-0.39, 0.29) is 23.1 Å². The largest absolute Gasteiger partial charge is 0.378 e. The molecule has 1 N–H and O–H groups in total. The lowest BCUT2D eigenvalue weighted by atomic mass is 10.0. The van der Waals surface area contributed by atoms with Gasteiger partial charge in [-0.3, -0.25) is 9.59 Å². The summed E-state index contributed by atoms with van der Waals surface area (Å²) in [5.41, 5.74) is 1.90. The van der Waals surface area contributed by atoms with Crippen LogP contribution in [0.15, 0.2) is 59.1 Å². The van der Waals surface area contributed by atoms with Crippen LogP contribution in [-0.4, -0.2) is 48.9 Å². The topological polar surface area (TPSA) is 94.8 Å². The van der Waals surface area contributed by atoms with E-state index in [1.807, 2.05) is 12.1 Å². The third-order valence-corrected chi connectivity index (χ3v) is 5.11. The molecule has 1 saturated heterocycles. The summed E-state index contributed by atoms with van der Waals surface area (Å²) < 4.78 is 5.28. The summed E-state index contributed by atoms with van der Waals surface area (Å²) >= 11 is 5.88. The number of amidine groups is 1. The molecule has 0 unspecified atom stereocenters. The van der Waals surface area contributed by atoms with E-state index in [9.17, 15) is 14.9 Å². The van der Waals surface area contributed by atoms with Crippen molar-refractivity contribution in [3.05, 3.63) is 75.8 Å². The minimum Gasteiger partial charge on any atom is -0.378 e. The molecule has 2 heterocycles. The summed E-state index contributed by atoms with van der Waals surface area (Å²) in [4.78, 5) is 31.6. The van der Waals surface area contributed by atoms with Gasteiger partial charge in [-0.1, -0.05) is 35.9 Å². The number of fused-ring (bicyclic) bond motifs is 1. The third kappa shape index (κ3) is 3.83. The Morgan fingerprint density at radius 2 is 1.73 bits per heavy atom. The number of nitrogens with zero attached hydrogens (tertiary/aromatic N) is 3. The van der Waals surface area contributed by atoms with Crippen molar-refractivity contribution < 1.29 is 14.3 Å². The Balaban J connectivity index is 1.70. The highest BCUT2D eigenvalue weighted by Gasteiger charge is 2.30. The molecule has 30 heavy (non-hydrogen) atoms. The van der Waals surface area contributed by atoms with Crippen molar-refractivity contribution in [2.45, 2.75) is 0 Å². The van der Waals surface area contributed by atoms with Gasteiger partial charge in [0.05, 0.1) is 18.9 Å². The van der Waals surface area contributed by atoms with Gasteiger partial charge in [0.25, 0.3) is 11.8 Å². The van der Waals surface area contributed by atoms with Crippen molar-refractivity contribution in [2.75, 3.05) is 26.3 Å². The SMILES string of the molecule is N#CC(C(=O)N1CCOCC1)=C1N=C(NC(=O)c2ccc(Cl)cc2)c2ccccc21. The second-order valence-electron chi connectivity index (χ2n) is 6.71. The van der Waals surface area contributed by atoms with Crippen LogP contribution in [0.3, 0.4) is 0 Å². The number of morpholine rings is 1. The fourth-order valence-electron chi connectivity index (χ4n) is 3.32. The maximum Gasteiger partial charge on any atom is 0.266 e. The first-order valence-electron chi connectivity index (χ1n) is 9.35.